The van der Waals surface area contributed by atoms with Crippen molar-refractivity contribution in [2.45, 2.75) is 52.5 Å². The largest absolute Gasteiger partial charge is 0.381 e. The number of aromatic nitrogens is 1. The number of ether oxygens (including phenoxy) is 1. The Labute approximate surface area is 173 Å². The van der Waals surface area contributed by atoms with Crippen molar-refractivity contribution in [3.05, 3.63) is 51.5 Å². The molecule has 2 aromatic rings. The lowest BCUT2D eigenvalue weighted by atomic mass is 9.82. The van der Waals surface area contributed by atoms with Gasteiger partial charge in [0.05, 0.1) is 18.2 Å². The zero-order chi connectivity index (χ0) is 20.2. The van der Waals surface area contributed by atoms with Crippen molar-refractivity contribution in [1.29, 1.82) is 5.26 Å². The number of likely N-dealkylation sites (tertiary alicyclic amines) is 1. The van der Waals surface area contributed by atoms with Crippen LogP contribution in [0.1, 0.15) is 55.3 Å². The van der Waals surface area contributed by atoms with Crippen LogP contribution in [-0.2, 0) is 16.7 Å². The second kappa shape index (κ2) is 8.73. The topological polar surface area (TPSA) is 49.1 Å². The highest BCUT2D eigenvalue weighted by Gasteiger charge is 2.43. The first-order valence-corrected chi connectivity index (χ1v) is 11.0. The van der Waals surface area contributed by atoms with Crippen LogP contribution < -0.4 is 0 Å². The number of nitriles is 1. The average Bonchev–Trinajstić information content (AvgIpc) is 3.33. The van der Waals surface area contributed by atoms with Gasteiger partial charge in [0.1, 0.15) is 0 Å². The smallest absolute Gasteiger partial charge is 0.1000 e. The van der Waals surface area contributed by atoms with Crippen molar-refractivity contribution >= 4 is 11.3 Å². The van der Waals surface area contributed by atoms with E-state index in [9.17, 15) is 0 Å². The first-order chi connectivity index (χ1) is 13.4. The minimum Gasteiger partial charge on any atom is -0.381 e. The molecule has 1 saturated heterocycles. The van der Waals surface area contributed by atoms with Gasteiger partial charge in [0.25, 0.3) is 0 Å². The minimum atomic E-state index is -0.0500. The summed E-state index contributed by atoms with van der Waals surface area (Å²) in [5.41, 5.74) is 3.22. The molecule has 0 bridgehead atoms. The van der Waals surface area contributed by atoms with E-state index < -0.39 is 0 Å². The number of hydrogen-bond acceptors (Lipinski definition) is 5. The van der Waals surface area contributed by atoms with Crippen molar-refractivity contribution in [3.8, 4) is 6.07 Å². The van der Waals surface area contributed by atoms with Crippen LogP contribution in [0.25, 0.3) is 0 Å². The fraction of sp³-hybridized carbons (Fsp3) is 0.565. The molecule has 1 aliphatic rings. The van der Waals surface area contributed by atoms with Gasteiger partial charge >= 0.3 is 0 Å². The Hall–Kier alpha value is -1.74. The molecule has 2 aromatic heterocycles. The maximum Gasteiger partial charge on any atom is 0.1000 e. The van der Waals surface area contributed by atoms with Crippen molar-refractivity contribution in [1.82, 2.24) is 9.88 Å². The molecule has 1 unspecified atom stereocenters. The molecule has 1 aliphatic heterocycles. The van der Waals surface area contributed by atoms with Crippen LogP contribution >= 0.6 is 11.3 Å². The van der Waals surface area contributed by atoms with Gasteiger partial charge < -0.3 is 4.74 Å². The summed E-state index contributed by atoms with van der Waals surface area (Å²) in [6.07, 6.45) is 5.27. The standard InChI is InChI=1S/C23H31N3OS/c1-5-27-17-23(9-8-21-12-19(13-24)15-28-21)10-11-26(16-23)22(3,4)20-7-6-18(2)25-14-20/h6-7,12,14-15H,5,8-11,16-17H2,1-4H3. The molecule has 1 fully saturated rings. The van der Waals surface area contributed by atoms with Crippen LogP contribution in [-0.4, -0.2) is 36.2 Å². The second-order valence-corrected chi connectivity index (χ2v) is 9.47. The zero-order valence-electron chi connectivity index (χ0n) is 17.5. The third kappa shape index (κ3) is 4.63. The van der Waals surface area contributed by atoms with Crippen LogP contribution in [0.5, 0.6) is 0 Å². The molecular formula is C23H31N3OS. The van der Waals surface area contributed by atoms with Crippen LogP contribution in [0.3, 0.4) is 0 Å². The number of pyridine rings is 1. The van der Waals surface area contributed by atoms with Gasteiger partial charge in [-0.3, -0.25) is 9.88 Å². The second-order valence-electron chi connectivity index (χ2n) is 8.47. The SMILES string of the molecule is CCOCC1(CCc2cc(C#N)cs2)CCN(C(C)(C)c2ccc(C)nc2)C1. The summed E-state index contributed by atoms with van der Waals surface area (Å²) in [6, 6.07) is 8.58. The number of nitrogens with zero attached hydrogens (tertiary/aromatic N) is 3. The molecular weight excluding hydrogens is 366 g/mol. The van der Waals surface area contributed by atoms with Gasteiger partial charge in [-0.1, -0.05) is 6.07 Å². The summed E-state index contributed by atoms with van der Waals surface area (Å²) in [4.78, 5) is 8.40. The highest BCUT2D eigenvalue weighted by atomic mass is 32.1. The highest BCUT2D eigenvalue weighted by Crippen LogP contribution is 2.42. The molecule has 0 radical (unpaired) electrons. The third-order valence-electron chi connectivity index (χ3n) is 6.14. The van der Waals surface area contributed by atoms with Crippen molar-refractivity contribution in [3.63, 3.8) is 0 Å². The minimum absolute atomic E-state index is 0.0500. The molecule has 0 aromatic carbocycles. The third-order valence-corrected chi connectivity index (χ3v) is 7.14. The Morgan fingerprint density at radius 3 is 2.86 bits per heavy atom. The molecule has 150 valence electrons. The van der Waals surface area contributed by atoms with E-state index in [1.165, 1.54) is 10.4 Å². The molecule has 0 saturated carbocycles. The summed E-state index contributed by atoms with van der Waals surface area (Å²) >= 11 is 1.70. The monoisotopic (exact) mass is 397 g/mol. The lowest BCUT2D eigenvalue weighted by molar-refractivity contribution is 0.0386. The van der Waals surface area contributed by atoms with Crippen molar-refractivity contribution < 1.29 is 4.74 Å². The van der Waals surface area contributed by atoms with E-state index in [0.29, 0.717) is 0 Å². The maximum absolute atomic E-state index is 9.07. The Kier molecular flexibility index (Phi) is 6.54. The predicted molar refractivity (Wildman–Crippen MR) is 114 cm³/mol. The molecule has 4 nitrogen and oxygen atoms in total. The van der Waals surface area contributed by atoms with Crippen LogP contribution in [0, 0.1) is 23.7 Å². The van der Waals surface area contributed by atoms with E-state index in [4.69, 9.17) is 10.00 Å². The zero-order valence-corrected chi connectivity index (χ0v) is 18.3. The van der Waals surface area contributed by atoms with E-state index in [0.717, 1.165) is 56.8 Å². The molecule has 3 heterocycles. The van der Waals surface area contributed by atoms with Gasteiger partial charge in [0.15, 0.2) is 0 Å². The van der Waals surface area contributed by atoms with E-state index in [2.05, 4.69) is 48.9 Å². The Bertz CT molecular complexity index is 821. The van der Waals surface area contributed by atoms with Gasteiger partial charge in [-0.15, -0.1) is 11.3 Å². The van der Waals surface area contributed by atoms with E-state index >= 15 is 0 Å². The van der Waals surface area contributed by atoms with Crippen molar-refractivity contribution in [2.75, 3.05) is 26.3 Å². The number of hydrogen-bond donors (Lipinski definition) is 0. The predicted octanol–water partition coefficient (Wildman–Crippen LogP) is 4.92. The van der Waals surface area contributed by atoms with Gasteiger partial charge in [-0.05, 0) is 71.2 Å². The molecule has 3 rings (SSSR count). The summed E-state index contributed by atoms with van der Waals surface area (Å²) < 4.78 is 5.93. The lowest BCUT2D eigenvalue weighted by Crippen LogP contribution is -2.42. The fourth-order valence-electron chi connectivity index (χ4n) is 4.10. The Morgan fingerprint density at radius 2 is 2.21 bits per heavy atom. The fourth-order valence-corrected chi connectivity index (χ4v) is 4.91. The number of thiophene rings is 1. The summed E-state index contributed by atoms with van der Waals surface area (Å²) in [5, 5.41) is 11.0. The molecule has 0 aliphatic carbocycles. The normalized spacial score (nSPS) is 20.4. The Balaban J connectivity index is 1.73. The van der Waals surface area contributed by atoms with Crippen molar-refractivity contribution in [2.24, 2.45) is 5.41 Å². The molecule has 0 spiro atoms. The highest BCUT2D eigenvalue weighted by molar-refractivity contribution is 7.10. The average molecular weight is 398 g/mol. The first kappa shape index (κ1) is 21.0. The first-order valence-electron chi connectivity index (χ1n) is 10.1. The van der Waals surface area contributed by atoms with Gasteiger partial charge in [-0.25, -0.2) is 0 Å². The van der Waals surface area contributed by atoms with E-state index in [1.54, 1.807) is 11.3 Å². The Morgan fingerprint density at radius 1 is 1.39 bits per heavy atom. The summed E-state index contributed by atoms with van der Waals surface area (Å²) in [7, 11) is 0. The van der Waals surface area contributed by atoms with Gasteiger partial charge in [0.2, 0.25) is 0 Å². The molecule has 28 heavy (non-hydrogen) atoms. The van der Waals surface area contributed by atoms with Gasteiger partial charge in [0, 0.05) is 46.3 Å². The lowest BCUT2D eigenvalue weighted by Gasteiger charge is -2.38. The van der Waals surface area contributed by atoms with Gasteiger partial charge in [-0.2, -0.15) is 5.26 Å². The van der Waals surface area contributed by atoms with Crippen LogP contribution in [0.2, 0.25) is 0 Å². The molecule has 5 heteroatoms. The van der Waals surface area contributed by atoms with Crippen LogP contribution in [0.4, 0.5) is 0 Å². The van der Waals surface area contributed by atoms with Crippen LogP contribution in [0.15, 0.2) is 29.8 Å². The molecule has 0 N–H and O–H groups in total. The maximum atomic E-state index is 9.07. The van der Waals surface area contributed by atoms with E-state index in [-0.39, 0.29) is 11.0 Å². The summed E-state index contributed by atoms with van der Waals surface area (Å²) in [5.74, 6) is 0. The molecule has 0 amide bonds. The quantitative estimate of drug-likeness (QED) is 0.634. The van der Waals surface area contributed by atoms with E-state index in [1.807, 2.05) is 24.6 Å². The molecule has 1 atom stereocenters. The number of aryl methyl sites for hydroxylation is 2. The summed E-state index contributed by atoms with van der Waals surface area (Å²) in [6.45, 7) is 12.4. The number of rotatable bonds is 8.